The van der Waals surface area contributed by atoms with Gasteiger partial charge in [-0.2, -0.15) is 0 Å². The highest BCUT2D eigenvalue weighted by Crippen LogP contribution is 2.26. The SMILES string of the molecule is CN1CCC=C(c2noc3ccccc23)C1. The van der Waals surface area contributed by atoms with Crippen LogP contribution in [-0.4, -0.2) is 30.2 Å². The molecule has 0 radical (unpaired) electrons. The van der Waals surface area contributed by atoms with Crippen LogP contribution < -0.4 is 0 Å². The smallest absolute Gasteiger partial charge is 0.167 e. The van der Waals surface area contributed by atoms with Crippen LogP contribution in [0.5, 0.6) is 0 Å². The number of fused-ring (bicyclic) bond motifs is 1. The summed E-state index contributed by atoms with van der Waals surface area (Å²) in [5.74, 6) is 0. The molecule has 2 heterocycles. The topological polar surface area (TPSA) is 29.3 Å². The molecule has 3 rings (SSSR count). The molecular weight excluding hydrogens is 200 g/mol. The number of benzene rings is 1. The van der Waals surface area contributed by atoms with Crippen molar-refractivity contribution in [1.82, 2.24) is 10.1 Å². The Bertz CT molecular complexity index is 542. The molecule has 3 heteroatoms. The van der Waals surface area contributed by atoms with Gasteiger partial charge in [0.1, 0.15) is 5.69 Å². The van der Waals surface area contributed by atoms with E-state index in [2.05, 4.69) is 29.2 Å². The quantitative estimate of drug-likeness (QED) is 0.730. The summed E-state index contributed by atoms with van der Waals surface area (Å²) in [5, 5.41) is 5.30. The first-order valence-electron chi connectivity index (χ1n) is 5.57. The molecule has 1 aromatic heterocycles. The molecule has 1 aliphatic rings. The number of hydrogen-bond donors (Lipinski definition) is 0. The fourth-order valence-corrected chi connectivity index (χ4v) is 2.18. The highest BCUT2D eigenvalue weighted by atomic mass is 16.5. The molecule has 0 aliphatic carbocycles. The van der Waals surface area contributed by atoms with E-state index in [0.29, 0.717) is 0 Å². The number of likely N-dealkylation sites (N-methyl/N-ethyl adjacent to an activating group) is 1. The molecule has 0 unspecified atom stereocenters. The largest absolute Gasteiger partial charge is 0.356 e. The Kier molecular flexibility index (Phi) is 2.26. The van der Waals surface area contributed by atoms with Gasteiger partial charge >= 0.3 is 0 Å². The van der Waals surface area contributed by atoms with Crippen molar-refractivity contribution in [1.29, 1.82) is 0 Å². The molecule has 0 bridgehead atoms. The fourth-order valence-electron chi connectivity index (χ4n) is 2.18. The Balaban J connectivity index is 2.09. The van der Waals surface area contributed by atoms with Crippen LogP contribution in [0.4, 0.5) is 0 Å². The third-order valence-corrected chi connectivity index (χ3v) is 3.02. The molecule has 0 amide bonds. The molecule has 0 atom stereocenters. The number of para-hydroxylation sites is 1. The molecule has 0 N–H and O–H groups in total. The van der Waals surface area contributed by atoms with Crippen molar-refractivity contribution in [2.75, 3.05) is 20.1 Å². The maximum Gasteiger partial charge on any atom is 0.167 e. The molecule has 1 aromatic carbocycles. The van der Waals surface area contributed by atoms with E-state index in [0.717, 1.165) is 36.2 Å². The molecule has 0 saturated heterocycles. The first-order chi connectivity index (χ1) is 7.84. The van der Waals surface area contributed by atoms with E-state index < -0.39 is 0 Å². The van der Waals surface area contributed by atoms with Crippen LogP contribution in [-0.2, 0) is 0 Å². The summed E-state index contributed by atoms with van der Waals surface area (Å²) in [4.78, 5) is 2.30. The van der Waals surface area contributed by atoms with Crippen molar-refractivity contribution in [2.24, 2.45) is 0 Å². The van der Waals surface area contributed by atoms with Crippen molar-refractivity contribution in [3.8, 4) is 0 Å². The Morgan fingerprint density at radius 1 is 1.31 bits per heavy atom. The normalized spacial score (nSPS) is 17.7. The van der Waals surface area contributed by atoms with Crippen molar-refractivity contribution in [3.63, 3.8) is 0 Å². The van der Waals surface area contributed by atoms with E-state index >= 15 is 0 Å². The van der Waals surface area contributed by atoms with E-state index in [1.807, 2.05) is 18.2 Å². The number of nitrogens with zero attached hydrogens (tertiary/aromatic N) is 2. The second-order valence-corrected chi connectivity index (χ2v) is 4.28. The monoisotopic (exact) mass is 214 g/mol. The zero-order chi connectivity index (χ0) is 11.0. The molecule has 2 aromatic rings. The summed E-state index contributed by atoms with van der Waals surface area (Å²) < 4.78 is 5.33. The Hall–Kier alpha value is -1.61. The van der Waals surface area contributed by atoms with Gasteiger partial charge in [0.15, 0.2) is 5.58 Å². The highest BCUT2D eigenvalue weighted by molar-refractivity contribution is 5.89. The van der Waals surface area contributed by atoms with E-state index in [1.165, 1.54) is 5.57 Å². The maximum atomic E-state index is 5.33. The van der Waals surface area contributed by atoms with Crippen LogP contribution >= 0.6 is 0 Å². The van der Waals surface area contributed by atoms with E-state index in [9.17, 15) is 0 Å². The van der Waals surface area contributed by atoms with Gasteiger partial charge in [0.05, 0.1) is 0 Å². The van der Waals surface area contributed by atoms with Gasteiger partial charge in [-0.25, -0.2) is 0 Å². The first-order valence-corrected chi connectivity index (χ1v) is 5.57. The van der Waals surface area contributed by atoms with Crippen molar-refractivity contribution >= 4 is 16.5 Å². The minimum Gasteiger partial charge on any atom is -0.356 e. The van der Waals surface area contributed by atoms with Gasteiger partial charge < -0.3 is 9.42 Å². The molecule has 82 valence electrons. The average molecular weight is 214 g/mol. The van der Waals surface area contributed by atoms with Crippen molar-refractivity contribution < 1.29 is 4.52 Å². The lowest BCUT2D eigenvalue weighted by atomic mass is 10.0. The van der Waals surface area contributed by atoms with Gasteiger partial charge in [0.2, 0.25) is 0 Å². The van der Waals surface area contributed by atoms with Gasteiger partial charge in [-0.15, -0.1) is 0 Å². The zero-order valence-corrected chi connectivity index (χ0v) is 9.31. The number of rotatable bonds is 1. The van der Waals surface area contributed by atoms with Crippen LogP contribution in [0.1, 0.15) is 12.1 Å². The van der Waals surface area contributed by atoms with Crippen LogP contribution in [0.2, 0.25) is 0 Å². The standard InChI is InChI=1S/C13H14N2O/c1-15-8-4-5-10(9-15)13-11-6-2-3-7-12(11)16-14-13/h2-3,5-7H,4,8-9H2,1H3. The summed E-state index contributed by atoms with van der Waals surface area (Å²) >= 11 is 0. The second-order valence-electron chi connectivity index (χ2n) is 4.28. The van der Waals surface area contributed by atoms with Gasteiger partial charge in [-0.05, 0) is 31.2 Å². The van der Waals surface area contributed by atoms with Crippen LogP contribution in [0.25, 0.3) is 16.5 Å². The first kappa shape index (κ1) is 9.60. The van der Waals surface area contributed by atoms with E-state index in [4.69, 9.17) is 4.52 Å². The summed E-state index contributed by atoms with van der Waals surface area (Å²) in [6.07, 6.45) is 3.36. The lowest BCUT2D eigenvalue weighted by Gasteiger charge is -2.21. The fraction of sp³-hybridized carbons (Fsp3) is 0.308. The van der Waals surface area contributed by atoms with Crippen LogP contribution in [0.15, 0.2) is 34.9 Å². The molecule has 0 fully saturated rings. The van der Waals surface area contributed by atoms with Gasteiger partial charge in [0, 0.05) is 18.5 Å². The Labute approximate surface area is 94.3 Å². The molecule has 0 saturated carbocycles. The third kappa shape index (κ3) is 1.53. The Morgan fingerprint density at radius 2 is 2.19 bits per heavy atom. The minimum absolute atomic E-state index is 0.867. The van der Waals surface area contributed by atoms with E-state index in [1.54, 1.807) is 0 Å². The third-order valence-electron chi connectivity index (χ3n) is 3.02. The zero-order valence-electron chi connectivity index (χ0n) is 9.31. The molecular formula is C13H14N2O. The molecule has 3 nitrogen and oxygen atoms in total. The van der Waals surface area contributed by atoms with Gasteiger partial charge in [-0.3, -0.25) is 0 Å². The molecule has 0 spiro atoms. The van der Waals surface area contributed by atoms with Crippen LogP contribution in [0, 0.1) is 0 Å². The number of hydrogen-bond acceptors (Lipinski definition) is 3. The highest BCUT2D eigenvalue weighted by Gasteiger charge is 2.16. The lowest BCUT2D eigenvalue weighted by molar-refractivity contribution is 0.370. The summed E-state index contributed by atoms with van der Waals surface area (Å²) in [7, 11) is 2.13. The molecule has 16 heavy (non-hydrogen) atoms. The van der Waals surface area contributed by atoms with Crippen molar-refractivity contribution in [3.05, 3.63) is 36.0 Å². The summed E-state index contributed by atoms with van der Waals surface area (Å²) in [6, 6.07) is 8.02. The van der Waals surface area contributed by atoms with Crippen molar-refractivity contribution in [2.45, 2.75) is 6.42 Å². The van der Waals surface area contributed by atoms with Gasteiger partial charge in [-0.1, -0.05) is 23.4 Å². The van der Waals surface area contributed by atoms with Gasteiger partial charge in [0.25, 0.3) is 0 Å². The average Bonchev–Trinajstić information content (AvgIpc) is 2.72. The minimum atomic E-state index is 0.867. The number of aromatic nitrogens is 1. The predicted octanol–water partition coefficient (Wildman–Crippen LogP) is 2.55. The maximum absolute atomic E-state index is 5.33. The molecule has 1 aliphatic heterocycles. The predicted molar refractivity (Wildman–Crippen MR) is 64.1 cm³/mol. The second kappa shape index (κ2) is 3.76. The Morgan fingerprint density at radius 3 is 3.06 bits per heavy atom. The van der Waals surface area contributed by atoms with Crippen LogP contribution in [0.3, 0.4) is 0 Å². The summed E-state index contributed by atoms with van der Waals surface area (Å²) in [5.41, 5.74) is 3.15. The summed E-state index contributed by atoms with van der Waals surface area (Å²) in [6.45, 7) is 2.08. The lowest BCUT2D eigenvalue weighted by Crippen LogP contribution is -2.25. The van der Waals surface area contributed by atoms with E-state index in [-0.39, 0.29) is 0 Å².